The molecule has 0 aliphatic rings. The summed E-state index contributed by atoms with van der Waals surface area (Å²) in [5.41, 5.74) is 2.20. The Bertz CT molecular complexity index is 969. The van der Waals surface area contributed by atoms with Crippen molar-refractivity contribution in [1.29, 1.82) is 0 Å². The smallest absolute Gasteiger partial charge is 0.190 e. The van der Waals surface area contributed by atoms with Gasteiger partial charge in [0.2, 0.25) is 0 Å². The van der Waals surface area contributed by atoms with Gasteiger partial charge < -0.3 is 10.6 Å². The van der Waals surface area contributed by atoms with Crippen molar-refractivity contribution in [2.24, 2.45) is 10.4 Å². The number of aliphatic imine (C=N–C) groups is 1. The molecule has 0 radical (unpaired) electrons. The van der Waals surface area contributed by atoms with Crippen molar-refractivity contribution in [3.8, 4) is 0 Å². The number of nitrogens with zero attached hydrogens (tertiary/aromatic N) is 4. The first-order chi connectivity index (χ1) is 14.0. The van der Waals surface area contributed by atoms with Gasteiger partial charge >= 0.3 is 0 Å². The number of hydrogen-bond acceptors (Lipinski definition) is 3. The summed E-state index contributed by atoms with van der Waals surface area (Å²) in [4.78, 5) is 4.34. The fraction of sp³-hybridized carbons (Fsp3) is 0.409. The molecule has 2 heterocycles. The molecule has 0 unspecified atom stereocenters. The van der Waals surface area contributed by atoms with Crippen LogP contribution in [0.2, 0.25) is 5.02 Å². The number of nitrogens with one attached hydrogen (secondary N) is 2. The van der Waals surface area contributed by atoms with E-state index in [1.165, 1.54) is 5.56 Å². The number of rotatable bonds is 8. The number of aromatic nitrogens is 3. The molecule has 6 nitrogen and oxygen atoms in total. The molecule has 30 heavy (non-hydrogen) atoms. The third kappa shape index (κ3) is 7.12. The zero-order valence-corrected chi connectivity index (χ0v) is 20.8. The topological polar surface area (TPSA) is 66.6 Å². The molecule has 3 rings (SSSR count). The number of guanidine groups is 1. The van der Waals surface area contributed by atoms with E-state index in [0.29, 0.717) is 0 Å². The summed E-state index contributed by atoms with van der Waals surface area (Å²) in [5, 5.41) is 16.1. The van der Waals surface area contributed by atoms with Gasteiger partial charge in [0, 0.05) is 37.8 Å². The van der Waals surface area contributed by atoms with E-state index in [2.05, 4.69) is 45.7 Å². The highest BCUT2D eigenvalue weighted by molar-refractivity contribution is 14.0. The highest BCUT2D eigenvalue weighted by Gasteiger charge is 2.19. The Balaban J connectivity index is 0.00000320. The summed E-state index contributed by atoms with van der Waals surface area (Å²) in [6.45, 7) is 6.11. The SMILES string of the molecule is CN=C(NCCCc1nnc2ccccn12)NCC(C)(C)Cc1cccc(Cl)c1.I. The summed E-state index contributed by atoms with van der Waals surface area (Å²) >= 11 is 6.11. The quantitative estimate of drug-likeness (QED) is 0.193. The Kier molecular flexibility index (Phi) is 9.36. The van der Waals surface area contributed by atoms with Crippen LogP contribution in [0.3, 0.4) is 0 Å². The molecule has 3 aromatic rings. The molecule has 0 fully saturated rings. The van der Waals surface area contributed by atoms with Crippen molar-refractivity contribution >= 4 is 47.2 Å². The van der Waals surface area contributed by atoms with E-state index >= 15 is 0 Å². The van der Waals surface area contributed by atoms with E-state index in [9.17, 15) is 0 Å². The number of pyridine rings is 1. The Morgan fingerprint density at radius 2 is 1.97 bits per heavy atom. The molecule has 162 valence electrons. The van der Waals surface area contributed by atoms with Crippen LogP contribution in [0, 0.1) is 5.41 Å². The Morgan fingerprint density at radius 1 is 1.13 bits per heavy atom. The molecule has 2 aromatic heterocycles. The molecule has 0 aliphatic carbocycles. The monoisotopic (exact) mass is 540 g/mol. The van der Waals surface area contributed by atoms with Crippen LogP contribution < -0.4 is 10.6 Å². The van der Waals surface area contributed by atoms with Crippen molar-refractivity contribution in [3.63, 3.8) is 0 Å². The normalized spacial score (nSPS) is 11.9. The van der Waals surface area contributed by atoms with Crippen molar-refractivity contribution in [3.05, 3.63) is 65.1 Å². The van der Waals surface area contributed by atoms with Crippen molar-refractivity contribution in [2.45, 2.75) is 33.1 Å². The molecule has 0 saturated carbocycles. The molecule has 0 atom stereocenters. The summed E-state index contributed by atoms with van der Waals surface area (Å²) in [6.07, 6.45) is 4.75. The van der Waals surface area contributed by atoms with Crippen LogP contribution in [-0.4, -0.2) is 40.7 Å². The molecule has 0 saturated heterocycles. The van der Waals surface area contributed by atoms with E-state index in [-0.39, 0.29) is 29.4 Å². The highest BCUT2D eigenvalue weighted by atomic mass is 127. The molecule has 0 bridgehead atoms. The van der Waals surface area contributed by atoms with E-state index in [1.807, 2.05) is 47.0 Å². The van der Waals surface area contributed by atoms with Gasteiger partial charge in [-0.15, -0.1) is 34.2 Å². The Hall–Kier alpha value is -1.87. The summed E-state index contributed by atoms with van der Waals surface area (Å²) in [6, 6.07) is 14.0. The molecule has 0 amide bonds. The van der Waals surface area contributed by atoms with Crippen LogP contribution in [0.15, 0.2) is 53.7 Å². The van der Waals surface area contributed by atoms with Gasteiger partial charge in [0.15, 0.2) is 11.6 Å². The minimum atomic E-state index is 0. The van der Waals surface area contributed by atoms with Gasteiger partial charge in [-0.05, 0) is 48.1 Å². The lowest BCUT2D eigenvalue weighted by atomic mass is 9.86. The third-order valence-corrected chi connectivity index (χ3v) is 5.02. The zero-order chi connectivity index (χ0) is 20.7. The fourth-order valence-electron chi connectivity index (χ4n) is 3.32. The van der Waals surface area contributed by atoms with Gasteiger partial charge in [0.1, 0.15) is 5.82 Å². The van der Waals surface area contributed by atoms with Gasteiger partial charge in [-0.3, -0.25) is 9.39 Å². The predicted octanol–water partition coefficient (Wildman–Crippen LogP) is 4.37. The van der Waals surface area contributed by atoms with Gasteiger partial charge in [0.25, 0.3) is 0 Å². The van der Waals surface area contributed by atoms with Crippen molar-refractivity contribution in [1.82, 2.24) is 25.2 Å². The van der Waals surface area contributed by atoms with Gasteiger partial charge in [-0.1, -0.05) is 43.6 Å². The van der Waals surface area contributed by atoms with Crippen molar-refractivity contribution in [2.75, 3.05) is 20.1 Å². The van der Waals surface area contributed by atoms with Crippen LogP contribution >= 0.6 is 35.6 Å². The number of fused-ring (bicyclic) bond motifs is 1. The summed E-state index contributed by atoms with van der Waals surface area (Å²) < 4.78 is 2.03. The molecule has 0 spiro atoms. The molecule has 1 aromatic carbocycles. The third-order valence-electron chi connectivity index (χ3n) is 4.78. The molecular formula is C22H30ClIN6. The fourth-order valence-corrected chi connectivity index (χ4v) is 3.53. The Labute approximate surface area is 200 Å². The summed E-state index contributed by atoms with van der Waals surface area (Å²) in [7, 11) is 1.80. The predicted molar refractivity (Wildman–Crippen MR) is 135 cm³/mol. The number of aryl methyl sites for hydroxylation is 1. The first-order valence-electron chi connectivity index (χ1n) is 9.94. The van der Waals surface area contributed by atoms with Gasteiger partial charge in [0.05, 0.1) is 0 Å². The van der Waals surface area contributed by atoms with Gasteiger partial charge in [-0.2, -0.15) is 0 Å². The number of benzene rings is 1. The number of hydrogen-bond donors (Lipinski definition) is 2. The lowest BCUT2D eigenvalue weighted by Crippen LogP contribution is -2.43. The first-order valence-corrected chi connectivity index (χ1v) is 10.3. The minimum Gasteiger partial charge on any atom is -0.356 e. The average Bonchev–Trinajstić information content (AvgIpc) is 3.10. The highest BCUT2D eigenvalue weighted by Crippen LogP contribution is 2.22. The van der Waals surface area contributed by atoms with E-state index in [4.69, 9.17) is 11.6 Å². The second-order valence-corrected chi connectivity index (χ2v) is 8.41. The summed E-state index contributed by atoms with van der Waals surface area (Å²) in [5.74, 6) is 1.79. The van der Waals surface area contributed by atoms with E-state index < -0.39 is 0 Å². The standard InChI is InChI=1S/C22H29ClN6.HI/c1-22(2,15-17-8-6-9-18(23)14-17)16-26-21(24-3)25-12-7-11-20-28-27-19-10-4-5-13-29(19)20;/h4-6,8-10,13-14H,7,11-12,15-16H2,1-3H3,(H2,24,25,26);1H. The first kappa shape index (κ1) is 24.4. The Morgan fingerprint density at radius 3 is 2.73 bits per heavy atom. The lowest BCUT2D eigenvalue weighted by Gasteiger charge is -2.26. The molecule has 2 N–H and O–H groups in total. The van der Waals surface area contributed by atoms with Crippen LogP contribution in [-0.2, 0) is 12.8 Å². The lowest BCUT2D eigenvalue weighted by molar-refractivity contribution is 0.359. The average molecular weight is 541 g/mol. The molecule has 0 aliphatic heterocycles. The second-order valence-electron chi connectivity index (χ2n) is 7.97. The number of halogens is 2. The van der Waals surface area contributed by atoms with E-state index in [0.717, 1.165) is 54.8 Å². The zero-order valence-electron chi connectivity index (χ0n) is 17.7. The van der Waals surface area contributed by atoms with Crippen LogP contribution in [0.1, 0.15) is 31.7 Å². The van der Waals surface area contributed by atoms with Crippen LogP contribution in [0.25, 0.3) is 5.65 Å². The van der Waals surface area contributed by atoms with Crippen LogP contribution in [0.4, 0.5) is 0 Å². The van der Waals surface area contributed by atoms with E-state index in [1.54, 1.807) is 7.05 Å². The van der Waals surface area contributed by atoms with Gasteiger partial charge in [-0.25, -0.2) is 0 Å². The van der Waals surface area contributed by atoms with Crippen LogP contribution in [0.5, 0.6) is 0 Å². The second kappa shape index (κ2) is 11.5. The molecule has 8 heteroatoms. The maximum absolute atomic E-state index is 6.11. The minimum absolute atomic E-state index is 0. The maximum Gasteiger partial charge on any atom is 0.190 e. The van der Waals surface area contributed by atoms with Crippen molar-refractivity contribution < 1.29 is 0 Å². The maximum atomic E-state index is 6.11. The largest absolute Gasteiger partial charge is 0.356 e. The molecular weight excluding hydrogens is 511 g/mol.